The van der Waals surface area contributed by atoms with Crippen molar-refractivity contribution in [2.24, 2.45) is 17.8 Å². The molecule has 0 aliphatic heterocycles. The van der Waals surface area contributed by atoms with Crippen molar-refractivity contribution < 1.29 is 19.5 Å². The molecule has 0 aromatic carbocycles. The fourth-order valence-electron chi connectivity index (χ4n) is 2.48. The molecule has 1 N–H and O–H groups in total. The highest BCUT2D eigenvalue weighted by Crippen LogP contribution is 2.38. The summed E-state index contributed by atoms with van der Waals surface area (Å²) in [5.41, 5.74) is 0. The van der Waals surface area contributed by atoms with Crippen LogP contribution in [0.15, 0.2) is 0 Å². The Morgan fingerprint density at radius 3 is 2.64 bits per heavy atom. The van der Waals surface area contributed by atoms with Crippen LogP contribution in [0.25, 0.3) is 0 Å². The van der Waals surface area contributed by atoms with Crippen LogP contribution in [0.1, 0.15) is 25.7 Å². The second-order valence-corrected chi connectivity index (χ2v) is 4.16. The van der Waals surface area contributed by atoms with E-state index in [1.807, 2.05) is 0 Å². The fourth-order valence-corrected chi connectivity index (χ4v) is 2.48. The maximum atomic E-state index is 11.6. The zero-order valence-electron chi connectivity index (χ0n) is 7.73. The smallest absolute Gasteiger partial charge is 0.306 e. The number of hydrogen-bond donors (Lipinski definition) is 1. The number of carbonyl (C=O) groups excluding carboxylic acids is 2. The molecule has 0 unspecified atom stereocenters. The molecule has 0 heterocycles. The van der Waals surface area contributed by atoms with Gasteiger partial charge in [0.25, 0.3) is 0 Å². The van der Waals surface area contributed by atoms with Crippen molar-refractivity contribution in [3.8, 4) is 0 Å². The largest absolute Gasteiger partial charge is 0.481 e. The summed E-state index contributed by atoms with van der Waals surface area (Å²) in [6, 6.07) is 0. The maximum absolute atomic E-state index is 11.6. The summed E-state index contributed by atoms with van der Waals surface area (Å²) in [5, 5.41) is 8.84. The van der Waals surface area contributed by atoms with E-state index in [9.17, 15) is 14.4 Å². The van der Waals surface area contributed by atoms with E-state index in [1.165, 1.54) is 0 Å². The summed E-state index contributed by atoms with van der Waals surface area (Å²) in [4.78, 5) is 33.7. The average molecular weight is 196 g/mol. The van der Waals surface area contributed by atoms with Gasteiger partial charge in [0.15, 0.2) is 0 Å². The standard InChI is InChI=1S/C10H12O4/c11-8-2-1-5-3-6(10(13)14)4-7(8)9(5)12/h5-7H,1-4H2,(H,13,14)/t5-,6-,7+/m0/s1. The molecule has 0 amide bonds. The zero-order chi connectivity index (χ0) is 10.3. The summed E-state index contributed by atoms with van der Waals surface area (Å²) < 4.78 is 0. The fraction of sp³-hybridized carbons (Fsp3) is 0.700. The number of aliphatic carboxylic acids is 1. The second kappa shape index (κ2) is 3.19. The zero-order valence-corrected chi connectivity index (χ0v) is 7.73. The van der Waals surface area contributed by atoms with Gasteiger partial charge in [-0.1, -0.05) is 0 Å². The van der Waals surface area contributed by atoms with E-state index in [0.717, 1.165) is 0 Å². The Kier molecular flexibility index (Phi) is 2.13. The van der Waals surface area contributed by atoms with Crippen LogP contribution in [0.2, 0.25) is 0 Å². The lowest BCUT2D eigenvalue weighted by atomic mass is 9.66. The van der Waals surface area contributed by atoms with Crippen LogP contribution >= 0.6 is 0 Å². The van der Waals surface area contributed by atoms with Crippen LogP contribution in [-0.4, -0.2) is 22.6 Å². The molecule has 0 radical (unpaired) electrons. The van der Waals surface area contributed by atoms with Crippen molar-refractivity contribution in [1.29, 1.82) is 0 Å². The third-order valence-electron chi connectivity index (χ3n) is 3.31. The van der Waals surface area contributed by atoms with Gasteiger partial charge in [-0.2, -0.15) is 0 Å². The first-order valence-electron chi connectivity index (χ1n) is 4.89. The van der Waals surface area contributed by atoms with Crippen LogP contribution in [0, 0.1) is 17.8 Å². The van der Waals surface area contributed by atoms with E-state index in [0.29, 0.717) is 19.3 Å². The van der Waals surface area contributed by atoms with Gasteiger partial charge >= 0.3 is 5.97 Å². The lowest BCUT2D eigenvalue weighted by molar-refractivity contribution is -0.150. The maximum Gasteiger partial charge on any atom is 0.306 e. The van der Waals surface area contributed by atoms with Gasteiger partial charge in [0.2, 0.25) is 0 Å². The summed E-state index contributed by atoms with van der Waals surface area (Å²) in [5.74, 6) is -2.22. The van der Waals surface area contributed by atoms with Crippen LogP contribution < -0.4 is 0 Å². The van der Waals surface area contributed by atoms with Gasteiger partial charge in [0, 0.05) is 12.3 Å². The summed E-state index contributed by atoms with van der Waals surface area (Å²) in [6.07, 6.45) is 1.66. The van der Waals surface area contributed by atoms with Crippen molar-refractivity contribution in [2.75, 3.05) is 0 Å². The molecule has 2 aliphatic carbocycles. The quantitative estimate of drug-likeness (QED) is 0.625. The highest BCUT2D eigenvalue weighted by molar-refractivity contribution is 6.06. The second-order valence-electron chi connectivity index (χ2n) is 4.16. The Labute approximate surface area is 81.3 Å². The molecule has 0 aromatic heterocycles. The van der Waals surface area contributed by atoms with Gasteiger partial charge in [0.1, 0.15) is 11.6 Å². The molecular formula is C10H12O4. The van der Waals surface area contributed by atoms with Crippen molar-refractivity contribution in [2.45, 2.75) is 25.7 Å². The Morgan fingerprint density at radius 2 is 2.00 bits per heavy atom. The minimum absolute atomic E-state index is 0.0150. The summed E-state index contributed by atoms with van der Waals surface area (Å²) in [6.45, 7) is 0. The number of carbonyl (C=O) groups is 3. The summed E-state index contributed by atoms with van der Waals surface area (Å²) >= 11 is 0. The number of rotatable bonds is 1. The molecule has 14 heavy (non-hydrogen) atoms. The van der Waals surface area contributed by atoms with E-state index >= 15 is 0 Å². The van der Waals surface area contributed by atoms with Gasteiger partial charge in [-0.05, 0) is 19.3 Å². The number of carboxylic acid groups (broad SMARTS) is 1. The number of fused-ring (bicyclic) bond motifs is 2. The van der Waals surface area contributed by atoms with Crippen LogP contribution in [0.5, 0.6) is 0 Å². The monoisotopic (exact) mass is 196 g/mol. The topological polar surface area (TPSA) is 71.4 Å². The highest BCUT2D eigenvalue weighted by atomic mass is 16.4. The molecule has 4 heteroatoms. The molecule has 76 valence electrons. The normalized spacial score (nSPS) is 37.0. The van der Waals surface area contributed by atoms with E-state index in [-0.39, 0.29) is 23.9 Å². The molecule has 2 aliphatic rings. The van der Waals surface area contributed by atoms with Crippen LogP contribution in [0.4, 0.5) is 0 Å². The Bertz CT molecular complexity index is 307. The minimum Gasteiger partial charge on any atom is -0.481 e. The number of carboxylic acids is 1. The molecule has 3 atom stereocenters. The van der Waals surface area contributed by atoms with E-state index in [2.05, 4.69) is 0 Å². The number of Topliss-reactive ketones (excluding diaryl/α,β-unsaturated/α-hetero) is 2. The third kappa shape index (κ3) is 1.35. The lowest BCUT2D eigenvalue weighted by Gasteiger charge is -2.34. The Morgan fingerprint density at radius 1 is 1.29 bits per heavy atom. The van der Waals surface area contributed by atoms with Gasteiger partial charge in [-0.15, -0.1) is 0 Å². The van der Waals surface area contributed by atoms with Gasteiger partial charge < -0.3 is 5.11 Å². The van der Waals surface area contributed by atoms with Gasteiger partial charge in [-0.3, -0.25) is 14.4 Å². The van der Waals surface area contributed by atoms with Crippen LogP contribution in [-0.2, 0) is 14.4 Å². The molecule has 2 bridgehead atoms. The first kappa shape index (κ1) is 9.37. The first-order valence-corrected chi connectivity index (χ1v) is 4.89. The molecular weight excluding hydrogens is 184 g/mol. The van der Waals surface area contributed by atoms with Crippen molar-refractivity contribution in [3.05, 3.63) is 0 Å². The predicted molar refractivity (Wildman–Crippen MR) is 46.6 cm³/mol. The first-order chi connectivity index (χ1) is 6.59. The molecule has 2 fully saturated rings. The Hall–Kier alpha value is -1.19. The Balaban J connectivity index is 2.20. The van der Waals surface area contributed by atoms with Crippen molar-refractivity contribution >= 4 is 17.5 Å². The predicted octanol–water partition coefficient (Wildman–Crippen LogP) is 0.645. The lowest BCUT2D eigenvalue weighted by Crippen LogP contribution is -2.43. The van der Waals surface area contributed by atoms with E-state index in [4.69, 9.17) is 5.11 Å². The van der Waals surface area contributed by atoms with Crippen molar-refractivity contribution in [1.82, 2.24) is 0 Å². The number of hydrogen-bond acceptors (Lipinski definition) is 3. The third-order valence-corrected chi connectivity index (χ3v) is 3.31. The molecule has 2 saturated carbocycles. The number of ketones is 2. The molecule has 4 nitrogen and oxygen atoms in total. The SMILES string of the molecule is O=C(O)[C@H]1C[C@@H]2CCC(=O)[C@@H](C1)C2=O. The summed E-state index contributed by atoms with van der Waals surface area (Å²) in [7, 11) is 0. The van der Waals surface area contributed by atoms with E-state index in [1.54, 1.807) is 0 Å². The van der Waals surface area contributed by atoms with Gasteiger partial charge in [0.05, 0.1) is 11.8 Å². The van der Waals surface area contributed by atoms with Crippen LogP contribution in [0.3, 0.4) is 0 Å². The highest BCUT2D eigenvalue weighted by Gasteiger charge is 2.45. The van der Waals surface area contributed by atoms with E-state index < -0.39 is 17.8 Å². The molecule has 0 saturated heterocycles. The average Bonchev–Trinajstić information content (AvgIpc) is 2.11. The molecule has 2 rings (SSSR count). The molecule has 0 aromatic rings. The van der Waals surface area contributed by atoms with Gasteiger partial charge in [-0.25, -0.2) is 0 Å². The minimum atomic E-state index is -0.873. The van der Waals surface area contributed by atoms with Crippen molar-refractivity contribution in [3.63, 3.8) is 0 Å². The molecule has 0 spiro atoms.